The van der Waals surface area contributed by atoms with E-state index in [1.165, 1.54) is 11.1 Å². The topological polar surface area (TPSA) is 27.7 Å². The molecule has 0 heterocycles. The van der Waals surface area contributed by atoms with Gasteiger partial charge in [-0.05, 0) is 42.9 Å². The first-order valence-corrected chi connectivity index (χ1v) is 7.62. The fourth-order valence-corrected chi connectivity index (χ4v) is 3.06. The van der Waals surface area contributed by atoms with Crippen molar-refractivity contribution in [2.24, 2.45) is 5.41 Å². The molecule has 0 aliphatic heterocycles. The maximum Gasteiger partial charge on any atom is 0.164 e. The van der Waals surface area contributed by atoms with Crippen LogP contribution in [-0.4, -0.2) is 21.3 Å². The Morgan fingerprint density at radius 1 is 0.955 bits per heavy atom. The average molecular weight is 302 g/mol. The van der Waals surface area contributed by atoms with Gasteiger partial charge in [0.2, 0.25) is 0 Å². The second-order valence-electron chi connectivity index (χ2n) is 6.32. The van der Waals surface area contributed by atoms with Crippen molar-refractivity contribution in [1.29, 1.82) is 0 Å². The van der Waals surface area contributed by atoms with Gasteiger partial charge >= 0.3 is 0 Å². The van der Waals surface area contributed by atoms with E-state index >= 15 is 0 Å². The second kappa shape index (κ2) is 6.47. The Balaban J connectivity index is 2.58. The summed E-state index contributed by atoms with van der Waals surface area (Å²) in [5, 5.41) is 0. The molecule has 0 spiro atoms. The Morgan fingerprint density at radius 2 is 1.55 bits per heavy atom. The van der Waals surface area contributed by atoms with Crippen molar-refractivity contribution in [3.63, 3.8) is 0 Å². The molecule has 1 aromatic carbocycles. The summed E-state index contributed by atoms with van der Waals surface area (Å²) in [7, 11) is 4.96. The summed E-state index contributed by atoms with van der Waals surface area (Å²) >= 11 is 0. The van der Waals surface area contributed by atoms with E-state index in [0.29, 0.717) is 11.5 Å². The van der Waals surface area contributed by atoms with Gasteiger partial charge < -0.3 is 14.2 Å². The Kier molecular flexibility index (Phi) is 4.84. The van der Waals surface area contributed by atoms with E-state index in [1.54, 1.807) is 21.3 Å². The van der Waals surface area contributed by atoms with Crippen molar-refractivity contribution in [3.8, 4) is 17.2 Å². The quantitative estimate of drug-likeness (QED) is 0.794. The van der Waals surface area contributed by atoms with Crippen molar-refractivity contribution in [2.75, 3.05) is 21.3 Å². The van der Waals surface area contributed by atoms with E-state index in [0.717, 1.165) is 24.2 Å². The molecular formula is C19H26O3. The number of hydrogen-bond donors (Lipinski definition) is 0. The molecule has 22 heavy (non-hydrogen) atoms. The zero-order valence-corrected chi connectivity index (χ0v) is 14.4. The van der Waals surface area contributed by atoms with Crippen molar-refractivity contribution >= 4 is 6.08 Å². The van der Waals surface area contributed by atoms with Crippen LogP contribution in [-0.2, 0) is 0 Å². The minimum absolute atomic E-state index is 0.164. The van der Waals surface area contributed by atoms with Gasteiger partial charge in [-0.3, -0.25) is 0 Å². The monoisotopic (exact) mass is 302 g/mol. The zero-order valence-electron chi connectivity index (χ0n) is 14.4. The SMILES string of the molecule is COc1cc(OC)c(OC)cc1/C=C1\C(C)=CCCC1(C)C. The molecule has 0 fully saturated rings. The molecule has 0 bridgehead atoms. The minimum atomic E-state index is 0.164. The van der Waals surface area contributed by atoms with Gasteiger partial charge in [0.05, 0.1) is 21.3 Å². The highest BCUT2D eigenvalue weighted by atomic mass is 16.5. The van der Waals surface area contributed by atoms with Crippen LogP contribution in [0.2, 0.25) is 0 Å². The predicted octanol–water partition coefficient (Wildman–Crippen LogP) is 4.86. The van der Waals surface area contributed by atoms with E-state index in [1.807, 2.05) is 12.1 Å². The van der Waals surface area contributed by atoms with Crippen LogP contribution in [0.25, 0.3) is 6.08 Å². The Labute approximate surface area is 133 Å². The summed E-state index contributed by atoms with van der Waals surface area (Å²) in [4.78, 5) is 0. The highest BCUT2D eigenvalue weighted by molar-refractivity contribution is 5.68. The maximum atomic E-state index is 5.53. The highest BCUT2D eigenvalue weighted by Crippen LogP contribution is 2.43. The molecule has 0 unspecified atom stereocenters. The molecule has 3 heteroatoms. The molecule has 0 saturated carbocycles. The molecule has 0 radical (unpaired) electrons. The lowest BCUT2D eigenvalue weighted by Gasteiger charge is -2.32. The Bertz CT molecular complexity index is 609. The van der Waals surface area contributed by atoms with Gasteiger partial charge in [0.1, 0.15) is 5.75 Å². The van der Waals surface area contributed by atoms with Gasteiger partial charge in [-0.15, -0.1) is 0 Å². The van der Waals surface area contributed by atoms with Crippen LogP contribution in [0.3, 0.4) is 0 Å². The Morgan fingerprint density at radius 3 is 2.09 bits per heavy atom. The van der Waals surface area contributed by atoms with Crippen LogP contribution in [0.5, 0.6) is 17.2 Å². The molecule has 120 valence electrons. The van der Waals surface area contributed by atoms with Crippen molar-refractivity contribution in [2.45, 2.75) is 33.6 Å². The number of allylic oxidation sites excluding steroid dienone is 3. The van der Waals surface area contributed by atoms with E-state index in [4.69, 9.17) is 14.2 Å². The molecule has 2 rings (SSSR count). The molecule has 0 atom stereocenters. The van der Waals surface area contributed by atoms with Crippen molar-refractivity contribution < 1.29 is 14.2 Å². The first-order valence-electron chi connectivity index (χ1n) is 7.62. The average Bonchev–Trinajstić information content (AvgIpc) is 2.50. The Hall–Kier alpha value is -1.90. The smallest absolute Gasteiger partial charge is 0.164 e. The summed E-state index contributed by atoms with van der Waals surface area (Å²) in [6.45, 7) is 6.77. The molecule has 1 aromatic rings. The summed E-state index contributed by atoms with van der Waals surface area (Å²) in [5.74, 6) is 2.18. The number of hydrogen-bond acceptors (Lipinski definition) is 3. The van der Waals surface area contributed by atoms with E-state index in [-0.39, 0.29) is 5.41 Å². The fourth-order valence-electron chi connectivity index (χ4n) is 3.06. The molecule has 0 aromatic heterocycles. The third-order valence-electron chi connectivity index (χ3n) is 4.41. The number of ether oxygens (including phenoxy) is 3. The third-order valence-corrected chi connectivity index (χ3v) is 4.41. The van der Waals surface area contributed by atoms with Crippen molar-refractivity contribution in [3.05, 3.63) is 34.9 Å². The molecule has 3 nitrogen and oxygen atoms in total. The minimum Gasteiger partial charge on any atom is -0.496 e. The fraction of sp³-hybridized carbons (Fsp3) is 0.474. The van der Waals surface area contributed by atoms with Crippen LogP contribution >= 0.6 is 0 Å². The van der Waals surface area contributed by atoms with Gasteiger partial charge in [-0.2, -0.15) is 0 Å². The molecule has 1 aliphatic rings. The standard InChI is InChI=1S/C19H26O3/c1-13-8-7-9-19(2,3)15(13)10-14-11-17(21-5)18(22-6)12-16(14)20-4/h8,10-12H,7,9H2,1-6H3/b15-10+. The summed E-state index contributed by atoms with van der Waals surface area (Å²) in [6.07, 6.45) is 6.82. The van der Waals surface area contributed by atoms with E-state index in [2.05, 4.69) is 32.9 Å². The van der Waals surface area contributed by atoms with Crippen LogP contribution in [0, 0.1) is 5.41 Å². The number of benzene rings is 1. The normalized spacial score (nSPS) is 18.8. The van der Waals surface area contributed by atoms with E-state index in [9.17, 15) is 0 Å². The first kappa shape index (κ1) is 16.5. The third kappa shape index (κ3) is 3.13. The lowest BCUT2D eigenvalue weighted by Crippen LogP contribution is -2.18. The molecule has 1 aliphatic carbocycles. The molecule has 0 saturated heterocycles. The molecule has 0 N–H and O–H groups in total. The first-order chi connectivity index (χ1) is 10.4. The highest BCUT2D eigenvalue weighted by Gasteiger charge is 2.27. The summed E-state index contributed by atoms with van der Waals surface area (Å²) < 4.78 is 16.3. The van der Waals surface area contributed by atoms with Crippen LogP contribution in [0.1, 0.15) is 39.2 Å². The van der Waals surface area contributed by atoms with Gasteiger partial charge in [0.25, 0.3) is 0 Å². The second-order valence-corrected chi connectivity index (χ2v) is 6.32. The van der Waals surface area contributed by atoms with Gasteiger partial charge in [-0.25, -0.2) is 0 Å². The predicted molar refractivity (Wildman–Crippen MR) is 90.8 cm³/mol. The number of rotatable bonds is 4. The van der Waals surface area contributed by atoms with Gasteiger partial charge in [-0.1, -0.05) is 25.5 Å². The number of methoxy groups -OCH3 is 3. The van der Waals surface area contributed by atoms with Gasteiger partial charge in [0.15, 0.2) is 11.5 Å². The van der Waals surface area contributed by atoms with Gasteiger partial charge in [0, 0.05) is 11.6 Å². The van der Waals surface area contributed by atoms with Crippen molar-refractivity contribution in [1.82, 2.24) is 0 Å². The van der Waals surface area contributed by atoms with Crippen LogP contribution in [0.4, 0.5) is 0 Å². The molecule has 0 amide bonds. The lowest BCUT2D eigenvalue weighted by atomic mass is 9.72. The van der Waals surface area contributed by atoms with E-state index < -0.39 is 0 Å². The summed E-state index contributed by atoms with van der Waals surface area (Å²) in [6, 6.07) is 3.85. The summed E-state index contributed by atoms with van der Waals surface area (Å²) in [5.41, 5.74) is 3.87. The maximum absolute atomic E-state index is 5.53. The van der Waals surface area contributed by atoms with Crippen LogP contribution < -0.4 is 14.2 Å². The van der Waals surface area contributed by atoms with Crippen LogP contribution in [0.15, 0.2) is 29.4 Å². The largest absolute Gasteiger partial charge is 0.496 e. The molecular weight excluding hydrogens is 276 g/mol. The lowest BCUT2D eigenvalue weighted by molar-refractivity contribution is 0.348. The zero-order chi connectivity index (χ0) is 16.3.